The van der Waals surface area contributed by atoms with Crippen LogP contribution < -0.4 is 15.5 Å². The van der Waals surface area contributed by atoms with E-state index < -0.39 is 11.6 Å². The zero-order valence-electron chi connectivity index (χ0n) is 22.5. The van der Waals surface area contributed by atoms with Crippen LogP contribution in [0, 0.1) is 5.82 Å². The van der Waals surface area contributed by atoms with Gasteiger partial charge in [0.25, 0.3) is 0 Å². The van der Waals surface area contributed by atoms with Crippen molar-refractivity contribution >= 4 is 17.5 Å². The maximum atomic E-state index is 14.0. The molecule has 210 valence electrons. The lowest BCUT2D eigenvalue weighted by Crippen LogP contribution is -2.66. The highest BCUT2D eigenvalue weighted by molar-refractivity contribution is 5.79. The van der Waals surface area contributed by atoms with E-state index in [1.165, 1.54) is 6.07 Å². The molecule has 6 rings (SSSR count). The van der Waals surface area contributed by atoms with Crippen molar-refractivity contribution in [3.63, 3.8) is 0 Å². The summed E-state index contributed by atoms with van der Waals surface area (Å²) < 4.78 is 19.9. The molecule has 4 aliphatic heterocycles. The summed E-state index contributed by atoms with van der Waals surface area (Å²) in [6.07, 6.45) is 0.199. The second-order valence-corrected chi connectivity index (χ2v) is 11.1. The first-order chi connectivity index (χ1) is 18.9. The number of phenolic OH excluding ortho intramolecular Hbond substituents is 1. The Balaban J connectivity index is 1.12. The molecule has 12 heteroatoms. The number of piperazine rings is 2. The monoisotopic (exact) mass is 540 g/mol. The van der Waals surface area contributed by atoms with Gasteiger partial charge in [-0.2, -0.15) is 0 Å². The second kappa shape index (κ2) is 10.7. The largest absolute Gasteiger partial charge is 0.504 e. The van der Waals surface area contributed by atoms with Gasteiger partial charge in [0, 0.05) is 76.5 Å². The molecule has 3 N–H and O–H groups in total. The van der Waals surface area contributed by atoms with E-state index >= 15 is 0 Å². The molecule has 1 aromatic heterocycles. The number of benzene rings is 1. The molecule has 0 unspecified atom stereocenters. The van der Waals surface area contributed by atoms with E-state index in [0.29, 0.717) is 43.3 Å². The number of aromatic hydroxyl groups is 1. The minimum absolute atomic E-state index is 0.0659. The van der Waals surface area contributed by atoms with Gasteiger partial charge in [-0.15, -0.1) is 10.2 Å². The number of carbonyl (C=O) groups excluding carboxylic acids is 1. The molecular weight excluding hydrogens is 503 g/mol. The number of fused-ring (bicyclic) bond motifs is 3. The minimum Gasteiger partial charge on any atom is -0.504 e. The first kappa shape index (κ1) is 26.0. The van der Waals surface area contributed by atoms with Gasteiger partial charge in [-0.3, -0.25) is 4.90 Å². The summed E-state index contributed by atoms with van der Waals surface area (Å²) in [4.78, 5) is 22.5. The number of ether oxygens (including phenoxy) is 1. The summed E-state index contributed by atoms with van der Waals surface area (Å²) in [5.41, 5.74) is 1.55. The molecule has 11 nitrogen and oxygen atoms in total. The summed E-state index contributed by atoms with van der Waals surface area (Å²) in [5.74, 6) is -0.478. The third kappa shape index (κ3) is 5.08. The normalized spacial score (nSPS) is 27.5. The van der Waals surface area contributed by atoms with Crippen LogP contribution in [0.1, 0.15) is 13.8 Å². The van der Waals surface area contributed by atoms with Gasteiger partial charge < -0.3 is 35.2 Å². The SMILES string of the molecule is C[C@@H]1CN(C[C@@H]2CNCCO2)C[C@H](C)N1C(=O)N1CCN2c3cc(-c4cccc(F)c4O)nnc3NC[C@H]2C1. The Bertz CT molecular complexity index is 1200. The molecular formula is C27H37FN8O3. The average molecular weight is 541 g/mol. The Morgan fingerprint density at radius 3 is 2.74 bits per heavy atom. The maximum absolute atomic E-state index is 14.0. The third-order valence-corrected chi connectivity index (χ3v) is 8.29. The molecule has 1 aromatic carbocycles. The Morgan fingerprint density at radius 2 is 1.97 bits per heavy atom. The third-order valence-electron chi connectivity index (χ3n) is 8.29. The number of nitrogens with zero attached hydrogens (tertiary/aromatic N) is 6. The van der Waals surface area contributed by atoms with E-state index in [0.717, 1.165) is 45.0 Å². The number of amides is 2. The highest BCUT2D eigenvalue weighted by atomic mass is 19.1. The van der Waals surface area contributed by atoms with E-state index in [1.54, 1.807) is 12.1 Å². The van der Waals surface area contributed by atoms with Crippen LogP contribution in [0.25, 0.3) is 11.3 Å². The molecule has 2 amide bonds. The van der Waals surface area contributed by atoms with Crippen molar-refractivity contribution in [2.45, 2.75) is 38.1 Å². The van der Waals surface area contributed by atoms with Gasteiger partial charge in [-0.1, -0.05) is 6.07 Å². The number of phenols is 1. The van der Waals surface area contributed by atoms with Gasteiger partial charge in [0.2, 0.25) is 0 Å². The van der Waals surface area contributed by atoms with Crippen LogP contribution in [0.2, 0.25) is 0 Å². The lowest BCUT2D eigenvalue weighted by atomic mass is 10.0. The molecule has 4 aliphatic rings. The van der Waals surface area contributed by atoms with Gasteiger partial charge in [0.1, 0.15) is 0 Å². The van der Waals surface area contributed by atoms with E-state index in [-0.39, 0.29) is 30.3 Å². The second-order valence-electron chi connectivity index (χ2n) is 11.1. The molecule has 2 aromatic rings. The number of halogens is 1. The molecule has 39 heavy (non-hydrogen) atoms. The molecule has 0 aliphatic carbocycles. The Labute approximate surface area is 227 Å². The Kier molecular flexibility index (Phi) is 7.17. The topological polar surface area (TPSA) is 109 Å². The number of hydrogen-bond acceptors (Lipinski definition) is 9. The average Bonchev–Trinajstić information content (AvgIpc) is 2.94. The molecule has 3 saturated heterocycles. The van der Waals surface area contributed by atoms with E-state index in [2.05, 4.69) is 44.5 Å². The van der Waals surface area contributed by atoms with Crippen molar-refractivity contribution in [2.24, 2.45) is 0 Å². The van der Waals surface area contributed by atoms with Gasteiger partial charge >= 0.3 is 6.03 Å². The number of rotatable bonds is 3. The Morgan fingerprint density at radius 1 is 1.15 bits per heavy atom. The predicted molar refractivity (Wildman–Crippen MR) is 145 cm³/mol. The lowest BCUT2D eigenvalue weighted by molar-refractivity contribution is -0.0187. The fourth-order valence-electron chi connectivity index (χ4n) is 6.46. The van der Waals surface area contributed by atoms with Crippen molar-refractivity contribution in [3.8, 4) is 17.0 Å². The van der Waals surface area contributed by atoms with Gasteiger partial charge in [0.15, 0.2) is 17.4 Å². The molecule has 4 atom stereocenters. The molecule has 0 radical (unpaired) electrons. The number of aromatic nitrogens is 2. The number of nitrogens with one attached hydrogen (secondary N) is 2. The van der Waals surface area contributed by atoms with Crippen molar-refractivity contribution in [3.05, 3.63) is 30.1 Å². The zero-order chi connectivity index (χ0) is 27.1. The summed E-state index contributed by atoms with van der Waals surface area (Å²) in [6, 6.07) is 6.59. The summed E-state index contributed by atoms with van der Waals surface area (Å²) in [5, 5.41) is 25.5. The highest BCUT2D eigenvalue weighted by Crippen LogP contribution is 2.37. The van der Waals surface area contributed by atoms with Crippen molar-refractivity contribution in [1.29, 1.82) is 0 Å². The van der Waals surface area contributed by atoms with E-state index in [1.807, 2.05) is 15.9 Å². The first-order valence-electron chi connectivity index (χ1n) is 13.9. The summed E-state index contributed by atoms with van der Waals surface area (Å²) in [7, 11) is 0. The number of para-hydroxylation sites is 1. The summed E-state index contributed by atoms with van der Waals surface area (Å²) >= 11 is 0. The van der Waals surface area contributed by atoms with Gasteiger partial charge in [-0.25, -0.2) is 9.18 Å². The van der Waals surface area contributed by atoms with E-state index in [9.17, 15) is 14.3 Å². The number of morpholine rings is 1. The van der Waals surface area contributed by atoms with Crippen molar-refractivity contribution < 1.29 is 19.0 Å². The molecule has 0 saturated carbocycles. The quantitative estimate of drug-likeness (QED) is 0.532. The molecule has 0 bridgehead atoms. The van der Waals surface area contributed by atoms with Crippen LogP contribution in [0.15, 0.2) is 24.3 Å². The zero-order valence-corrected chi connectivity index (χ0v) is 22.5. The van der Waals surface area contributed by atoms with Crippen LogP contribution >= 0.6 is 0 Å². The molecule has 5 heterocycles. The molecule has 3 fully saturated rings. The summed E-state index contributed by atoms with van der Waals surface area (Å²) in [6.45, 7) is 11.8. The van der Waals surface area contributed by atoms with Crippen molar-refractivity contribution in [2.75, 3.05) is 75.7 Å². The van der Waals surface area contributed by atoms with Crippen LogP contribution in [0.4, 0.5) is 20.7 Å². The van der Waals surface area contributed by atoms with Crippen molar-refractivity contribution in [1.82, 2.24) is 30.2 Å². The lowest BCUT2D eigenvalue weighted by Gasteiger charge is -2.50. The van der Waals surface area contributed by atoms with E-state index in [4.69, 9.17) is 4.74 Å². The van der Waals surface area contributed by atoms with Gasteiger partial charge in [-0.05, 0) is 32.0 Å². The smallest absolute Gasteiger partial charge is 0.320 e. The minimum atomic E-state index is -0.696. The maximum Gasteiger partial charge on any atom is 0.320 e. The Hall–Kier alpha value is -3.22. The van der Waals surface area contributed by atoms with Crippen LogP contribution in [0.5, 0.6) is 5.75 Å². The van der Waals surface area contributed by atoms with Gasteiger partial charge in [0.05, 0.1) is 30.1 Å². The number of urea groups is 1. The fourth-order valence-corrected chi connectivity index (χ4v) is 6.46. The number of anilines is 2. The van der Waals surface area contributed by atoms with Crippen LogP contribution in [-0.2, 0) is 4.74 Å². The standard InChI is InChI=1S/C27H37FN8O3/c1-17-13-33(16-20-12-29-6-9-39-20)14-18(2)36(17)27(38)34-7-8-35-19(15-34)11-30-26-24(35)10-23(31-32-26)21-4-3-5-22(28)25(21)37/h3-5,10,17-20,29,37H,6-9,11-16H2,1-2H3,(H,30,32)/t17-,18+,19-,20-/m0/s1. The highest BCUT2D eigenvalue weighted by Gasteiger charge is 2.40. The number of hydrogen-bond donors (Lipinski definition) is 3. The predicted octanol–water partition coefficient (Wildman–Crippen LogP) is 1.41. The van der Waals surface area contributed by atoms with Crippen LogP contribution in [0.3, 0.4) is 0 Å². The first-order valence-corrected chi connectivity index (χ1v) is 13.9. The van der Waals surface area contributed by atoms with Crippen LogP contribution in [-0.4, -0.2) is 126 Å². The molecule has 0 spiro atoms. The fraction of sp³-hybridized carbons (Fsp3) is 0.593. The number of carbonyl (C=O) groups is 1.